The maximum Gasteiger partial charge on any atom is 0.169 e. The Morgan fingerprint density at radius 2 is 1.15 bits per heavy atom. The molecule has 0 fully saturated rings. The van der Waals surface area contributed by atoms with Crippen molar-refractivity contribution in [3.05, 3.63) is 167 Å². The second kappa shape index (κ2) is 10.7. The van der Waals surface area contributed by atoms with Gasteiger partial charge >= 0.3 is 0 Å². The Labute approximate surface area is 240 Å². The number of hydrogen-bond donors (Lipinski definition) is 2. The molecule has 2 atom stereocenters. The summed E-state index contributed by atoms with van der Waals surface area (Å²) in [7, 11) is 0. The molecule has 0 spiro atoms. The summed E-state index contributed by atoms with van der Waals surface area (Å²) in [6.07, 6.45) is 1.93. The van der Waals surface area contributed by atoms with Crippen LogP contribution in [-0.2, 0) is 0 Å². The van der Waals surface area contributed by atoms with Gasteiger partial charge in [0.2, 0.25) is 0 Å². The molecule has 0 aromatic heterocycles. The molecule has 7 rings (SSSR count). The van der Waals surface area contributed by atoms with Gasteiger partial charge in [-0.15, -0.1) is 0 Å². The Bertz CT molecular complexity index is 1780. The van der Waals surface area contributed by atoms with Crippen molar-refractivity contribution in [1.29, 1.82) is 0 Å². The van der Waals surface area contributed by atoms with E-state index in [-0.39, 0.29) is 12.2 Å². The average molecular weight is 531 g/mol. The molecule has 0 saturated carbocycles. The highest BCUT2D eigenvalue weighted by molar-refractivity contribution is 6.16. The Balaban J connectivity index is 1.19. The predicted molar refractivity (Wildman–Crippen MR) is 170 cm³/mol. The fourth-order valence-electron chi connectivity index (χ4n) is 5.51. The van der Waals surface area contributed by atoms with E-state index in [9.17, 15) is 0 Å². The first-order valence-corrected chi connectivity index (χ1v) is 14.0. The van der Waals surface area contributed by atoms with Crippen molar-refractivity contribution < 1.29 is 0 Å². The molecule has 0 aliphatic carbocycles. The molecule has 2 heterocycles. The van der Waals surface area contributed by atoms with E-state index in [0.717, 1.165) is 45.2 Å². The highest BCUT2D eigenvalue weighted by Crippen LogP contribution is 2.31. The third kappa shape index (κ3) is 5.08. The number of nitrogens with zero attached hydrogens (tertiary/aromatic N) is 2. The van der Waals surface area contributed by atoms with Crippen LogP contribution >= 0.6 is 0 Å². The summed E-state index contributed by atoms with van der Waals surface area (Å²) in [6, 6.07) is 46.7. The molecule has 2 N–H and O–H groups in total. The number of hydrogen-bond acceptors (Lipinski definition) is 4. The van der Waals surface area contributed by atoms with E-state index in [1.807, 2.05) is 36.4 Å². The van der Waals surface area contributed by atoms with Crippen LogP contribution in [-0.4, -0.2) is 11.7 Å². The summed E-state index contributed by atoms with van der Waals surface area (Å²) in [4.78, 5) is 9.99. The molecule has 5 aromatic rings. The molecule has 4 heteroatoms. The summed E-state index contributed by atoms with van der Waals surface area (Å²) in [6.45, 7) is 2.21. The number of benzene rings is 5. The zero-order valence-corrected chi connectivity index (χ0v) is 22.8. The van der Waals surface area contributed by atoms with Crippen molar-refractivity contribution in [3.8, 4) is 11.1 Å². The van der Waals surface area contributed by atoms with E-state index < -0.39 is 0 Å². The van der Waals surface area contributed by atoms with E-state index in [0.29, 0.717) is 0 Å². The quantitative estimate of drug-likeness (QED) is 0.242. The fourth-order valence-corrected chi connectivity index (χ4v) is 5.51. The minimum Gasteiger partial charge on any atom is -0.378 e. The van der Waals surface area contributed by atoms with Crippen LogP contribution in [0.4, 0.5) is 0 Å². The summed E-state index contributed by atoms with van der Waals surface area (Å²) >= 11 is 0. The summed E-state index contributed by atoms with van der Waals surface area (Å²) in [5.74, 6) is 1.64. The molecule has 41 heavy (non-hydrogen) atoms. The first kappa shape index (κ1) is 24.8. The molecule has 0 saturated heterocycles. The van der Waals surface area contributed by atoms with Crippen molar-refractivity contribution in [2.75, 3.05) is 0 Å². The SMILES string of the molecule is CC1NC(c2ccc(-c3cccc(C4=NC(c5ccccc5)N=C(c5ccccc5)N4)c3)cc2)=Cc2ccccc21. The van der Waals surface area contributed by atoms with Gasteiger partial charge < -0.3 is 10.6 Å². The van der Waals surface area contributed by atoms with Gasteiger partial charge in [0.1, 0.15) is 11.7 Å². The van der Waals surface area contributed by atoms with Gasteiger partial charge in [0.05, 0.1) is 0 Å². The van der Waals surface area contributed by atoms with E-state index >= 15 is 0 Å². The fraction of sp³-hybridized carbons (Fsp3) is 0.0811. The van der Waals surface area contributed by atoms with Gasteiger partial charge in [-0.3, -0.25) is 0 Å². The molecule has 2 aliphatic rings. The number of fused-ring (bicyclic) bond motifs is 1. The molecule has 198 valence electrons. The number of amidine groups is 2. The molecular weight excluding hydrogens is 500 g/mol. The van der Waals surface area contributed by atoms with Crippen LogP contribution in [0.5, 0.6) is 0 Å². The lowest BCUT2D eigenvalue weighted by Gasteiger charge is -2.25. The predicted octanol–water partition coefficient (Wildman–Crippen LogP) is 8.01. The van der Waals surface area contributed by atoms with Crippen LogP contribution in [0.15, 0.2) is 143 Å². The van der Waals surface area contributed by atoms with E-state index in [1.165, 1.54) is 16.7 Å². The van der Waals surface area contributed by atoms with Crippen molar-refractivity contribution >= 4 is 23.4 Å². The Kier molecular flexibility index (Phi) is 6.50. The van der Waals surface area contributed by atoms with Gasteiger partial charge in [-0.2, -0.15) is 0 Å². The highest BCUT2D eigenvalue weighted by atomic mass is 15.2. The van der Waals surface area contributed by atoms with E-state index in [4.69, 9.17) is 9.98 Å². The lowest BCUT2D eigenvalue weighted by Crippen LogP contribution is -2.36. The molecule has 0 amide bonds. The smallest absolute Gasteiger partial charge is 0.169 e. The first-order valence-electron chi connectivity index (χ1n) is 14.0. The minimum atomic E-state index is -0.311. The van der Waals surface area contributed by atoms with Crippen LogP contribution in [0, 0.1) is 0 Å². The molecular formula is C37H30N4. The summed E-state index contributed by atoms with van der Waals surface area (Å²) in [5, 5.41) is 7.17. The monoisotopic (exact) mass is 530 g/mol. The largest absolute Gasteiger partial charge is 0.378 e. The normalized spacial score (nSPS) is 17.7. The van der Waals surface area contributed by atoms with Gasteiger partial charge in [-0.05, 0) is 52.4 Å². The Morgan fingerprint density at radius 1 is 0.537 bits per heavy atom. The number of aliphatic imine (C=N–C) groups is 2. The van der Waals surface area contributed by atoms with Crippen LogP contribution in [0.25, 0.3) is 22.9 Å². The van der Waals surface area contributed by atoms with Crippen molar-refractivity contribution in [1.82, 2.24) is 10.6 Å². The van der Waals surface area contributed by atoms with Crippen LogP contribution in [0.3, 0.4) is 0 Å². The van der Waals surface area contributed by atoms with Crippen molar-refractivity contribution in [3.63, 3.8) is 0 Å². The first-order chi connectivity index (χ1) is 20.2. The van der Waals surface area contributed by atoms with Crippen molar-refractivity contribution in [2.45, 2.75) is 19.1 Å². The van der Waals surface area contributed by atoms with Crippen molar-refractivity contribution in [2.24, 2.45) is 9.98 Å². The van der Waals surface area contributed by atoms with Crippen LogP contribution < -0.4 is 10.6 Å². The lowest BCUT2D eigenvalue weighted by atomic mass is 9.94. The maximum absolute atomic E-state index is 5.04. The van der Waals surface area contributed by atoms with Gasteiger partial charge in [0.15, 0.2) is 6.17 Å². The highest BCUT2D eigenvalue weighted by Gasteiger charge is 2.21. The zero-order chi connectivity index (χ0) is 27.6. The van der Waals surface area contributed by atoms with E-state index in [1.54, 1.807) is 0 Å². The second-order valence-electron chi connectivity index (χ2n) is 10.4. The Morgan fingerprint density at radius 3 is 1.93 bits per heavy atom. The van der Waals surface area contributed by atoms with Gasteiger partial charge in [0, 0.05) is 22.9 Å². The second-order valence-corrected chi connectivity index (χ2v) is 10.4. The Hall–Kier alpha value is -5.22. The van der Waals surface area contributed by atoms with Crippen LogP contribution in [0.1, 0.15) is 52.5 Å². The summed E-state index contributed by atoms with van der Waals surface area (Å²) in [5.41, 5.74) is 10.4. The third-order valence-electron chi connectivity index (χ3n) is 7.68. The topological polar surface area (TPSA) is 48.8 Å². The van der Waals surface area contributed by atoms with Crippen LogP contribution in [0.2, 0.25) is 0 Å². The third-order valence-corrected chi connectivity index (χ3v) is 7.68. The molecule has 0 bridgehead atoms. The number of rotatable bonds is 5. The zero-order valence-electron chi connectivity index (χ0n) is 22.8. The lowest BCUT2D eigenvalue weighted by molar-refractivity contribution is 0.693. The van der Waals surface area contributed by atoms with Gasteiger partial charge in [-0.1, -0.05) is 127 Å². The van der Waals surface area contributed by atoms with Gasteiger partial charge in [-0.25, -0.2) is 9.98 Å². The molecule has 2 aliphatic heterocycles. The molecule has 4 nitrogen and oxygen atoms in total. The summed E-state index contributed by atoms with van der Waals surface area (Å²) < 4.78 is 0. The molecule has 5 aromatic carbocycles. The van der Waals surface area contributed by atoms with E-state index in [2.05, 4.69) is 121 Å². The number of nitrogens with one attached hydrogen (secondary N) is 2. The maximum atomic E-state index is 5.04. The molecule has 2 unspecified atom stereocenters. The van der Waals surface area contributed by atoms with Gasteiger partial charge in [0.25, 0.3) is 0 Å². The molecule has 0 radical (unpaired) electrons. The average Bonchev–Trinajstić information content (AvgIpc) is 3.05. The standard InChI is InChI=1S/C37H30N4/c1-25-33-18-9-8-15-31(33)24-34(38-25)27-21-19-26(20-22-27)30-16-10-17-32(23-30)37-40-35(28-11-4-2-5-12-28)39-36(41-37)29-13-6-3-7-14-29/h2-25,35,38H,1H3,(H,39,40,41). The minimum absolute atomic E-state index is 0.273.